The summed E-state index contributed by atoms with van der Waals surface area (Å²) in [6.07, 6.45) is 0. The van der Waals surface area contributed by atoms with E-state index in [0.29, 0.717) is 26.4 Å². The van der Waals surface area contributed by atoms with Gasteiger partial charge in [0.1, 0.15) is 0 Å². The number of aromatic nitrogens is 6. The predicted molar refractivity (Wildman–Crippen MR) is 246 cm³/mol. The Morgan fingerprint density at radius 3 is 0.455 bits per heavy atom. The van der Waals surface area contributed by atoms with Crippen molar-refractivity contribution in [3.05, 3.63) is 233 Å². The normalized spacial score (nSPS) is 12.4. The fourth-order valence-electron chi connectivity index (χ4n) is 10.0. The van der Waals surface area contributed by atoms with Gasteiger partial charge < -0.3 is 0 Å². The van der Waals surface area contributed by atoms with Crippen LogP contribution < -0.4 is 66.7 Å². The van der Waals surface area contributed by atoms with Gasteiger partial charge in [-0.05, 0) is 72.8 Å². The van der Waals surface area contributed by atoms with Crippen LogP contribution in [0.1, 0.15) is 0 Å². The highest BCUT2D eigenvalue weighted by Crippen LogP contribution is 2.22. The number of nitrogens with zero attached hydrogens (tertiary/aromatic N) is 6. The van der Waals surface area contributed by atoms with E-state index in [1.54, 1.807) is 0 Å². The summed E-state index contributed by atoms with van der Waals surface area (Å²) in [7, 11) is 0. The maximum atomic E-state index is 14.7. The minimum atomic E-state index is -1.08. The molecule has 0 amide bonds. The molecule has 0 unspecified atom stereocenters. The van der Waals surface area contributed by atoms with Gasteiger partial charge in [0, 0.05) is 0 Å². The Balaban J connectivity index is 1.40. The van der Waals surface area contributed by atoms with E-state index in [1.165, 1.54) is 109 Å². The lowest BCUT2D eigenvalue weighted by molar-refractivity contribution is 1.09. The topological polar surface area (TPSA) is 231 Å². The lowest BCUT2D eigenvalue weighted by Gasteiger charge is -1.95. The standard InChI is InChI=1S/C48H18N6O12/c55-37-19-7-1-13-25-31(19)43(61)50(37)26-14-3-9-21-33(26)45(63)52(39(21)57)28-16-5-11-23-35(28)47(65)54(41(23)59)30-18-6-12-24-36(30)48(66)53(42(24)60)29-17-4-10-22-34(29)46(64)51(40(22)58)27-15-2-8-20-32(27)44(62)49(25)38(20)56/h1-18H. The van der Waals surface area contributed by atoms with E-state index in [2.05, 4.69) is 0 Å². The first-order valence-electron chi connectivity index (χ1n) is 19.9. The minimum Gasteiger partial charge on any atom is -0.268 e. The summed E-state index contributed by atoms with van der Waals surface area (Å²) in [5.74, 6) is 0. The highest BCUT2D eigenvalue weighted by Gasteiger charge is 2.25. The molecule has 0 N–H and O–H groups in total. The van der Waals surface area contributed by atoms with Crippen LogP contribution in [0.4, 0.5) is 0 Å². The second-order valence-corrected chi connectivity index (χ2v) is 15.9. The predicted octanol–water partition coefficient (Wildman–Crippen LogP) is 0.758. The van der Waals surface area contributed by atoms with Crippen molar-refractivity contribution in [3.63, 3.8) is 0 Å². The van der Waals surface area contributed by atoms with Crippen molar-refractivity contribution in [3.8, 4) is 0 Å². The molecule has 0 aliphatic carbocycles. The Hall–Kier alpha value is -9.84. The average molecular weight is 871 g/mol. The summed E-state index contributed by atoms with van der Waals surface area (Å²) < 4.78 is 3.77. The Morgan fingerprint density at radius 1 is 0.182 bits per heavy atom. The van der Waals surface area contributed by atoms with Crippen molar-refractivity contribution in [2.24, 2.45) is 0 Å². The molecule has 0 saturated carbocycles. The first-order valence-corrected chi connectivity index (χ1v) is 19.9. The summed E-state index contributed by atoms with van der Waals surface area (Å²) >= 11 is 0. The number of benzene rings is 6. The average Bonchev–Trinajstić information content (AvgIpc) is 4.06. The van der Waals surface area contributed by atoms with Gasteiger partial charge in [-0.25, -0.2) is 26.4 Å². The van der Waals surface area contributed by atoms with Crippen LogP contribution >= 0.6 is 0 Å². The molecule has 13 rings (SSSR count). The van der Waals surface area contributed by atoms with E-state index in [1.807, 2.05) is 0 Å². The number of fused-ring (bicyclic) bond motifs is 12. The molecule has 7 heterocycles. The summed E-state index contributed by atoms with van der Waals surface area (Å²) in [5.41, 5.74) is -14.4. The first-order chi connectivity index (χ1) is 31.8. The zero-order valence-electron chi connectivity index (χ0n) is 33.0. The fourth-order valence-corrected chi connectivity index (χ4v) is 10.0. The molecule has 0 radical (unpaired) electrons. The monoisotopic (exact) mass is 870 g/mol. The van der Waals surface area contributed by atoms with E-state index in [9.17, 15) is 57.5 Å². The Labute approximate surface area is 356 Å². The molecule has 7 aromatic heterocycles. The highest BCUT2D eigenvalue weighted by atomic mass is 16.2. The largest absolute Gasteiger partial charge is 0.268 e. The van der Waals surface area contributed by atoms with Gasteiger partial charge >= 0.3 is 0 Å². The first kappa shape index (κ1) is 36.8. The molecule has 0 fully saturated rings. The zero-order chi connectivity index (χ0) is 45.5. The maximum absolute atomic E-state index is 14.7. The lowest BCUT2D eigenvalue weighted by atomic mass is 10.2. The van der Waals surface area contributed by atoms with Crippen molar-refractivity contribution in [1.82, 2.24) is 26.4 Å². The molecule has 0 atom stereocenters. The summed E-state index contributed by atoms with van der Waals surface area (Å²) in [6, 6.07) is 22.9. The van der Waals surface area contributed by atoms with E-state index in [0.717, 1.165) is 0 Å². The lowest BCUT2D eigenvalue weighted by Crippen LogP contribution is -2.21. The SMILES string of the molecule is O=c1c2cccc3c2c(=O)n1c1cccc2c(=O)n(c(=O)c21)c1cccc2c(=O)n(c(=O)c21)c1cccc2c(=O)n(c(=O)c21)c1cccc2c(=O)n(c(=O)c21)c1cccc2c(=O)n3c(=O)c21. The van der Waals surface area contributed by atoms with Crippen molar-refractivity contribution < 1.29 is 0 Å². The Kier molecular flexibility index (Phi) is 6.68. The van der Waals surface area contributed by atoms with Crippen LogP contribution in [0, 0.1) is 0 Å². The second-order valence-electron chi connectivity index (χ2n) is 15.9. The molecule has 66 heavy (non-hydrogen) atoms. The molecule has 312 valence electrons. The smallest absolute Gasteiger partial charge is 0.268 e. The Bertz CT molecular complexity index is 4530. The molecule has 0 aliphatic rings. The van der Waals surface area contributed by atoms with Gasteiger partial charge in [0.25, 0.3) is 66.7 Å². The number of rotatable bonds is 0. The van der Waals surface area contributed by atoms with Crippen LogP contribution in [0.2, 0.25) is 0 Å². The summed E-state index contributed by atoms with van der Waals surface area (Å²) in [6.45, 7) is 0. The quantitative estimate of drug-likeness (QED) is 0.206. The molecule has 18 nitrogen and oxygen atoms in total. The molecule has 0 aliphatic heterocycles. The number of hydrogen-bond donors (Lipinski definition) is 0. The van der Waals surface area contributed by atoms with Gasteiger partial charge in [-0.15, -0.1) is 0 Å². The van der Waals surface area contributed by atoms with Crippen LogP contribution in [0.5, 0.6) is 0 Å². The molecule has 0 spiro atoms. The Morgan fingerprint density at radius 2 is 0.318 bits per heavy atom. The van der Waals surface area contributed by atoms with E-state index < -0.39 is 99.0 Å². The van der Waals surface area contributed by atoms with Crippen LogP contribution in [0.15, 0.2) is 167 Å². The van der Waals surface area contributed by atoms with Crippen molar-refractivity contribution in [1.29, 1.82) is 0 Å². The van der Waals surface area contributed by atoms with Gasteiger partial charge in [-0.1, -0.05) is 36.4 Å². The van der Waals surface area contributed by atoms with Gasteiger partial charge in [0.05, 0.1) is 97.7 Å². The van der Waals surface area contributed by atoms with Crippen molar-refractivity contribution in [2.75, 3.05) is 0 Å². The van der Waals surface area contributed by atoms with Gasteiger partial charge in [0.15, 0.2) is 0 Å². The van der Waals surface area contributed by atoms with Crippen LogP contribution in [-0.4, -0.2) is 26.4 Å². The van der Waals surface area contributed by atoms with Crippen LogP contribution in [-0.2, 0) is 0 Å². The third-order valence-electron chi connectivity index (χ3n) is 12.8. The zero-order valence-corrected chi connectivity index (χ0v) is 33.0. The van der Waals surface area contributed by atoms with Crippen molar-refractivity contribution >= 4 is 97.7 Å². The summed E-state index contributed by atoms with van der Waals surface area (Å²) in [5, 5.41) is -4.17. The molecule has 18 heteroatoms. The molecular formula is C48H18N6O12. The highest BCUT2D eigenvalue weighted by molar-refractivity contribution is 6.05. The minimum absolute atomic E-state index is 0.275. The summed E-state index contributed by atoms with van der Waals surface area (Å²) in [4.78, 5) is 174. The molecule has 0 saturated heterocycles. The van der Waals surface area contributed by atoms with E-state index >= 15 is 0 Å². The maximum Gasteiger partial charge on any atom is 0.268 e. The molecule has 13 aromatic rings. The molecular weight excluding hydrogens is 853 g/mol. The van der Waals surface area contributed by atoms with E-state index in [-0.39, 0.29) is 65.4 Å². The van der Waals surface area contributed by atoms with E-state index in [4.69, 9.17) is 0 Å². The molecule has 12 bridgehead atoms. The van der Waals surface area contributed by atoms with Gasteiger partial charge in [-0.3, -0.25) is 57.5 Å². The second kappa shape index (κ2) is 12.0. The van der Waals surface area contributed by atoms with Gasteiger partial charge in [-0.2, -0.15) is 0 Å². The molecule has 6 aromatic carbocycles. The number of hydrogen-bond acceptors (Lipinski definition) is 12. The van der Waals surface area contributed by atoms with Crippen LogP contribution in [0.25, 0.3) is 97.7 Å². The van der Waals surface area contributed by atoms with Crippen molar-refractivity contribution in [2.45, 2.75) is 0 Å². The fraction of sp³-hybridized carbons (Fsp3) is 0. The third-order valence-corrected chi connectivity index (χ3v) is 12.8. The van der Waals surface area contributed by atoms with Crippen LogP contribution in [0.3, 0.4) is 0 Å². The van der Waals surface area contributed by atoms with Gasteiger partial charge in [0.2, 0.25) is 0 Å². The third kappa shape index (κ3) is 4.06.